The number of carbonyl (C=O) groups is 2. The first-order valence-electron chi connectivity index (χ1n) is 9.70. The van der Waals surface area contributed by atoms with Crippen LogP contribution in [0.3, 0.4) is 0 Å². The van der Waals surface area contributed by atoms with Crippen molar-refractivity contribution in [3.63, 3.8) is 0 Å². The molecule has 0 spiro atoms. The average Bonchev–Trinajstić information content (AvgIpc) is 2.67. The molecular weight excluding hydrogens is 374 g/mol. The SMILES string of the molecule is CCCCCC(=O)Nc1ccc(C2NC(=S)N(C)C(C)=C2C(=O)OCC)cc1. The first-order valence-corrected chi connectivity index (χ1v) is 10.1. The molecule has 1 aliphatic heterocycles. The highest BCUT2D eigenvalue weighted by Gasteiger charge is 2.33. The first-order chi connectivity index (χ1) is 13.4. The lowest BCUT2D eigenvalue weighted by Gasteiger charge is -2.35. The Labute approximate surface area is 172 Å². The summed E-state index contributed by atoms with van der Waals surface area (Å²) in [6, 6.07) is 7.07. The van der Waals surface area contributed by atoms with E-state index in [4.69, 9.17) is 17.0 Å². The molecule has 28 heavy (non-hydrogen) atoms. The summed E-state index contributed by atoms with van der Waals surface area (Å²) in [6.45, 7) is 6.06. The standard InChI is InChI=1S/C21H29N3O3S/c1-5-7-8-9-17(25)22-16-12-10-15(11-13-16)19-18(20(26)27-6-2)14(3)24(4)21(28)23-19/h10-13,19H,5-9H2,1-4H3,(H,22,25)(H,23,28). The van der Waals surface area contributed by atoms with E-state index in [9.17, 15) is 9.59 Å². The first kappa shape index (κ1) is 21.9. The zero-order valence-electron chi connectivity index (χ0n) is 17.0. The molecule has 1 aromatic carbocycles. The van der Waals surface area contributed by atoms with Crippen LogP contribution in [-0.4, -0.2) is 35.5 Å². The number of allylic oxidation sites excluding steroid dienone is 1. The highest BCUT2D eigenvalue weighted by atomic mass is 32.1. The second-order valence-electron chi connectivity index (χ2n) is 6.79. The summed E-state index contributed by atoms with van der Waals surface area (Å²) in [5, 5.41) is 6.67. The summed E-state index contributed by atoms with van der Waals surface area (Å²) in [5.74, 6) is -0.345. The van der Waals surface area contributed by atoms with Crippen LogP contribution in [0, 0.1) is 0 Å². The van der Waals surface area contributed by atoms with Crippen molar-refractivity contribution in [1.82, 2.24) is 10.2 Å². The van der Waals surface area contributed by atoms with Crippen LogP contribution >= 0.6 is 12.2 Å². The molecule has 0 radical (unpaired) electrons. The van der Waals surface area contributed by atoms with E-state index >= 15 is 0 Å². The molecule has 0 aliphatic carbocycles. The van der Waals surface area contributed by atoms with Crippen molar-refractivity contribution < 1.29 is 14.3 Å². The molecule has 2 N–H and O–H groups in total. The number of thiocarbonyl (C=S) groups is 1. The van der Waals surface area contributed by atoms with Gasteiger partial charge in [0, 0.05) is 24.9 Å². The smallest absolute Gasteiger partial charge is 0.338 e. The molecule has 7 heteroatoms. The summed E-state index contributed by atoms with van der Waals surface area (Å²) >= 11 is 5.39. The van der Waals surface area contributed by atoms with Crippen molar-refractivity contribution in [2.45, 2.75) is 52.5 Å². The fourth-order valence-electron chi connectivity index (χ4n) is 3.08. The number of hydrogen-bond donors (Lipinski definition) is 2. The number of hydrogen-bond acceptors (Lipinski definition) is 4. The lowest BCUT2D eigenvalue weighted by atomic mass is 9.95. The number of ether oxygens (including phenoxy) is 1. The van der Waals surface area contributed by atoms with Gasteiger partial charge in [0.1, 0.15) is 0 Å². The molecular formula is C21H29N3O3S. The van der Waals surface area contributed by atoms with Gasteiger partial charge in [0.25, 0.3) is 0 Å². The fraction of sp³-hybridized carbons (Fsp3) is 0.476. The fourth-order valence-corrected chi connectivity index (χ4v) is 3.33. The Balaban J connectivity index is 2.19. The van der Waals surface area contributed by atoms with Crippen molar-refractivity contribution >= 4 is 34.9 Å². The average molecular weight is 404 g/mol. The Kier molecular flexibility index (Phi) is 7.99. The molecule has 0 saturated carbocycles. The largest absolute Gasteiger partial charge is 0.463 e. The second-order valence-corrected chi connectivity index (χ2v) is 7.18. The molecule has 1 atom stereocenters. The van der Waals surface area contributed by atoms with Gasteiger partial charge >= 0.3 is 5.97 Å². The third kappa shape index (κ3) is 5.32. The molecule has 152 valence electrons. The van der Waals surface area contributed by atoms with Gasteiger partial charge in [0.05, 0.1) is 18.2 Å². The van der Waals surface area contributed by atoms with Gasteiger partial charge in [-0.1, -0.05) is 31.9 Å². The van der Waals surface area contributed by atoms with Gasteiger partial charge in [-0.05, 0) is 50.2 Å². The number of carbonyl (C=O) groups excluding carboxylic acids is 2. The van der Waals surface area contributed by atoms with Crippen LogP contribution in [0.25, 0.3) is 0 Å². The Morgan fingerprint density at radius 1 is 1.21 bits per heavy atom. The number of unbranched alkanes of at least 4 members (excludes halogenated alkanes) is 2. The summed E-state index contributed by atoms with van der Waals surface area (Å²) in [7, 11) is 1.82. The predicted molar refractivity (Wildman–Crippen MR) is 115 cm³/mol. The van der Waals surface area contributed by atoms with Crippen molar-refractivity contribution in [2.75, 3.05) is 19.0 Å². The van der Waals surface area contributed by atoms with Crippen molar-refractivity contribution in [3.8, 4) is 0 Å². The maximum Gasteiger partial charge on any atom is 0.338 e. The molecule has 2 rings (SSSR count). The molecule has 6 nitrogen and oxygen atoms in total. The van der Waals surface area contributed by atoms with Crippen LogP contribution in [0.15, 0.2) is 35.5 Å². The molecule has 1 aliphatic rings. The molecule has 1 unspecified atom stereocenters. The zero-order valence-corrected chi connectivity index (χ0v) is 17.8. The highest BCUT2D eigenvalue weighted by Crippen LogP contribution is 2.31. The second kappa shape index (κ2) is 10.2. The number of anilines is 1. The van der Waals surface area contributed by atoms with Gasteiger partial charge in [-0.3, -0.25) is 4.79 Å². The van der Waals surface area contributed by atoms with Crippen molar-refractivity contribution in [2.24, 2.45) is 0 Å². The van der Waals surface area contributed by atoms with Crippen LogP contribution in [-0.2, 0) is 14.3 Å². The minimum atomic E-state index is -0.392. The van der Waals surface area contributed by atoms with E-state index in [0.717, 1.165) is 36.2 Å². The van der Waals surface area contributed by atoms with Gasteiger partial charge < -0.3 is 20.3 Å². The van der Waals surface area contributed by atoms with Crippen molar-refractivity contribution in [3.05, 3.63) is 41.1 Å². The monoisotopic (exact) mass is 403 g/mol. The molecule has 0 bridgehead atoms. The van der Waals surface area contributed by atoms with Crippen LogP contribution in [0.5, 0.6) is 0 Å². The maximum absolute atomic E-state index is 12.5. The molecule has 0 aromatic heterocycles. The maximum atomic E-state index is 12.5. The number of nitrogens with zero attached hydrogens (tertiary/aromatic N) is 1. The van der Waals surface area contributed by atoms with Crippen molar-refractivity contribution in [1.29, 1.82) is 0 Å². The summed E-state index contributed by atoms with van der Waals surface area (Å²) < 4.78 is 5.25. The van der Waals surface area contributed by atoms with Gasteiger partial charge in [-0.25, -0.2) is 4.79 Å². The quantitative estimate of drug-likeness (QED) is 0.390. The summed E-state index contributed by atoms with van der Waals surface area (Å²) in [6.07, 6.45) is 3.55. The molecule has 1 aromatic rings. The third-order valence-corrected chi connectivity index (χ3v) is 5.18. The van der Waals surface area contributed by atoms with Crippen LogP contribution < -0.4 is 10.6 Å². The van der Waals surface area contributed by atoms with Crippen LogP contribution in [0.1, 0.15) is 58.1 Å². The van der Waals surface area contributed by atoms with E-state index in [1.54, 1.807) is 11.8 Å². The van der Waals surface area contributed by atoms with Gasteiger partial charge in [-0.2, -0.15) is 0 Å². The van der Waals surface area contributed by atoms with E-state index in [1.165, 1.54) is 0 Å². The predicted octanol–water partition coefficient (Wildman–Crippen LogP) is 3.90. The summed E-state index contributed by atoms with van der Waals surface area (Å²) in [4.78, 5) is 26.3. The minimum Gasteiger partial charge on any atom is -0.463 e. The van der Waals surface area contributed by atoms with Gasteiger partial charge in [0.2, 0.25) is 5.91 Å². The molecule has 1 amide bonds. The Hall–Kier alpha value is -2.41. The third-order valence-electron chi connectivity index (χ3n) is 4.78. The van der Waals surface area contributed by atoms with Gasteiger partial charge in [0.15, 0.2) is 5.11 Å². The topological polar surface area (TPSA) is 70.7 Å². The summed E-state index contributed by atoms with van der Waals surface area (Å²) in [5.41, 5.74) is 2.91. The Morgan fingerprint density at radius 2 is 1.89 bits per heavy atom. The van der Waals surface area contributed by atoms with Crippen LogP contribution in [0.4, 0.5) is 5.69 Å². The number of nitrogens with one attached hydrogen (secondary N) is 2. The van der Waals surface area contributed by atoms with Crippen LogP contribution in [0.2, 0.25) is 0 Å². The number of amides is 1. The molecule has 1 heterocycles. The zero-order chi connectivity index (χ0) is 20.7. The highest BCUT2D eigenvalue weighted by molar-refractivity contribution is 7.80. The van der Waals surface area contributed by atoms with E-state index < -0.39 is 6.04 Å². The molecule has 0 fully saturated rings. The Morgan fingerprint density at radius 3 is 2.50 bits per heavy atom. The van der Waals surface area contributed by atoms with E-state index in [2.05, 4.69) is 17.6 Å². The lowest BCUT2D eigenvalue weighted by molar-refractivity contribution is -0.139. The van der Waals surface area contributed by atoms with E-state index in [0.29, 0.717) is 23.7 Å². The minimum absolute atomic E-state index is 0.0164. The molecule has 0 saturated heterocycles. The van der Waals surface area contributed by atoms with E-state index in [1.807, 2.05) is 38.2 Å². The normalized spacial score (nSPS) is 16.6. The number of rotatable bonds is 8. The number of esters is 1. The van der Waals surface area contributed by atoms with Gasteiger partial charge in [-0.15, -0.1) is 0 Å². The Bertz CT molecular complexity index is 759. The number of benzene rings is 1. The van der Waals surface area contributed by atoms with E-state index in [-0.39, 0.29) is 11.9 Å². The lowest BCUT2D eigenvalue weighted by Crippen LogP contribution is -2.46.